The van der Waals surface area contributed by atoms with Crippen LogP contribution >= 0.6 is 0 Å². The molecule has 0 unspecified atom stereocenters. The summed E-state index contributed by atoms with van der Waals surface area (Å²) in [6.45, 7) is 0. The van der Waals surface area contributed by atoms with Gasteiger partial charge in [0.2, 0.25) is 5.78 Å². The highest BCUT2D eigenvalue weighted by Gasteiger charge is 2.12. The van der Waals surface area contributed by atoms with E-state index in [2.05, 4.69) is 0 Å². The summed E-state index contributed by atoms with van der Waals surface area (Å²) in [5.41, 5.74) is 0.578. The minimum absolute atomic E-state index is 0.0511. The van der Waals surface area contributed by atoms with Crippen molar-refractivity contribution in [2.45, 2.75) is 0 Å². The first kappa shape index (κ1) is 17.6. The van der Waals surface area contributed by atoms with Gasteiger partial charge in [0.25, 0.3) is 5.69 Å². The first-order valence-electron chi connectivity index (χ1n) is 7.27. The van der Waals surface area contributed by atoms with Gasteiger partial charge in [0.05, 0.1) is 23.2 Å². The Bertz CT molecular complexity index is 908. The maximum Gasteiger partial charge on any atom is 0.276 e. The number of rotatable bonds is 6. The maximum atomic E-state index is 12.4. The number of nitriles is 1. The van der Waals surface area contributed by atoms with Crippen molar-refractivity contribution in [2.75, 3.05) is 7.11 Å². The molecular weight excluding hydrogens is 320 g/mol. The molecule has 0 aliphatic rings. The Morgan fingerprint density at radius 2 is 2.00 bits per heavy atom. The van der Waals surface area contributed by atoms with Crippen molar-refractivity contribution in [3.63, 3.8) is 0 Å². The summed E-state index contributed by atoms with van der Waals surface area (Å²) in [4.78, 5) is 22.8. The standard InChI is InChI=1S/C19H14N2O4/c1-25-17-10-5-8-15(12-17)19(22)16(13-20)9-4-7-14-6-2-3-11-18(14)21(23)24/h2-12H,1H3/b7-4+,16-9+. The average Bonchev–Trinajstić information content (AvgIpc) is 2.65. The highest BCUT2D eigenvalue weighted by Crippen LogP contribution is 2.20. The molecule has 0 atom stereocenters. The normalized spacial score (nSPS) is 11.1. The molecular formula is C19H14N2O4. The zero-order valence-corrected chi connectivity index (χ0v) is 13.4. The summed E-state index contributed by atoms with van der Waals surface area (Å²) >= 11 is 0. The van der Waals surface area contributed by atoms with Gasteiger partial charge in [-0.3, -0.25) is 14.9 Å². The van der Waals surface area contributed by atoms with E-state index >= 15 is 0 Å². The third-order valence-corrected chi connectivity index (χ3v) is 3.37. The lowest BCUT2D eigenvalue weighted by Crippen LogP contribution is -2.02. The molecule has 0 aromatic heterocycles. The number of hydrogen-bond acceptors (Lipinski definition) is 5. The first-order valence-corrected chi connectivity index (χ1v) is 7.27. The zero-order chi connectivity index (χ0) is 18.2. The highest BCUT2D eigenvalue weighted by atomic mass is 16.6. The van der Waals surface area contributed by atoms with Gasteiger partial charge in [0.15, 0.2) is 0 Å². The number of para-hydroxylation sites is 1. The number of benzene rings is 2. The van der Waals surface area contributed by atoms with Crippen molar-refractivity contribution in [1.82, 2.24) is 0 Å². The predicted octanol–water partition coefficient (Wildman–Crippen LogP) is 3.95. The molecule has 2 rings (SSSR count). The molecule has 0 heterocycles. The van der Waals surface area contributed by atoms with Gasteiger partial charge in [-0.15, -0.1) is 0 Å². The first-order chi connectivity index (χ1) is 12.1. The second-order valence-corrected chi connectivity index (χ2v) is 4.93. The van der Waals surface area contributed by atoms with Crippen LogP contribution in [0, 0.1) is 21.4 Å². The number of nitro benzene ring substituents is 1. The third-order valence-electron chi connectivity index (χ3n) is 3.37. The summed E-state index contributed by atoms with van der Waals surface area (Å²) in [5, 5.41) is 20.2. The van der Waals surface area contributed by atoms with Crippen LogP contribution in [0.15, 0.2) is 66.3 Å². The Labute approximate surface area is 144 Å². The van der Waals surface area contributed by atoms with E-state index in [1.54, 1.807) is 42.5 Å². The van der Waals surface area contributed by atoms with Gasteiger partial charge < -0.3 is 4.74 Å². The minimum Gasteiger partial charge on any atom is -0.497 e. The van der Waals surface area contributed by atoms with Crippen LogP contribution in [0.4, 0.5) is 5.69 Å². The molecule has 0 spiro atoms. The van der Waals surface area contributed by atoms with Crippen molar-refractivity contribution >= 4 is 17.5 Å². The minimum atomic E-state index is -0.490. The summed E-state index contributed by atoms with van der Waals surface area (Å²) in [6.07, 6.45) is 4.26. The number of carbonyl (C=O) groups is 1. The van der Waals surface area contributed by atoms with Crippen LogP contribution in [0.25, 0.3) is 6.08 Å². The Kier molecular flexibility index (Phi) is 5.80. The van der Waals surface area contributed by atoms with Crippen molar-refractivity contribution in [3.8, 4) is 11.8 Å². The lowest BCUT2D eigenvalue weighted by Gasteiger charge is -2.02. The SMILES string of the molecule is COc1cccc(C(=O)/C(C#N)=C/C=C/c2ccccc2[N+](=O)[O-])c1. The molecule has 0 radical (unpaired) electrons. The van der Waals surface area contributed by atoms with Crippen LogP contribution < -0.4 is 4.74 Å². The van der Waals surface area contributed by atoms with Gasteiger partial charge in [-0.25, -0.2) is 0 Å². The van der Waals surface area contributed by atoms with Gasteiger partial charge >= 0.3 is 0 Å². The van der Waals surface area contributed by atoms with Gasteiger partial charge in [-0.2, -0.15) is 5.26 Å². The number of hydrogen-bond donors (Lipinski definition) is 0. The largest absolute Gasteiger partial charge is 0.497 e. The fourth-order valence-corrected chi connectivity index (χ4v) is 2.13. The zero-order valence-electron chi connectivity index (χ0n) is 13.4. The Balaban J connectivity index is 2.27. The number of nitro groups is 1. The van der Waals surface area contributed by atoms with E-state index in [9.17, 15) is 20.2 Å². The van der Waals surface area contributed by atoms with E-state index in [4.69, 9.17) is 4.74 Å². The Morgan fingerprint density at radius 1 is 1.24 bits per heavy atom. The van der Waals surface area contributed by atoms with Crippen molar-refractivity contribution < 1.29 is 14.5 Å². The van der Waals surface area contributed by atoms with Crippen LogP contribution in [0.5, 0.6) is 5.75 Å². The van der Waals surface area contributed by atoms with Crippen LogP contribution in [0.2, 0.25) is 0 Å². The number of carbonyl (C=O) groups excluding carboxylic acids is 1. The smallest absolute Gasteiger partial charge is 0.276 e. The topological polar surface area (TPSA) is 93.2 Å². The molecule has 0 fully saturated rings. The Hall–Kier alpha value is -3.72. The van der Waals surface area contributed by atoms with Crippen LogP contribution in [-0.4, -0.2) is 17.8 Å². The van der Waals surface area contributed by atoms with Crippen molar-refractivity contribution in [3.05, 3.63) is 87.5 Å². The van der Waals surface area contributed by atoms with E-state index in [1.165, 1.54) is 31.4 Å². The second kappa shape index (κ2) is 8.22. The van der Waals surface area contributed by atoms with Crippen LogP contribution in [0.1, 0.15) is 15.9 Å². The van der Waals surface area contributed by atoms with Crippen LogP contribution in [0.3, 0.4) is 0 Å². The number of Topliss-reactive ketones (excluding diaryl/α,β-unsaturated/α-hetero) is 1. The number of ether oxygens (including phenoxy) is 1. The molecule has 6 heteroatoms. The lowest BCUT2D eigenvalue weighted by molar-refractivity contribution is -0.385. The van der Waals surface area contributed by atoms with Gasteiger partial charge in [-0.1, -0.05) is 30.3 Å². The van der Waals surface area contributed by atoms with E-state index in [0.29, 0.717) is 16.9 Å². The molecule has 0 N–H and O–H groups in total. The number of methoxy groups -OCH3 is 1. The molecule has 2 aromatic rings. The van der Waals surface area contributed by atoms with Crippen LogP contribution in [-0.2, 0) is 0 Å². The summed E-state index contributed by atoms with van der Waals surface area (Å²) in [7, 11) is 1.49. The monoisotopic (exact) mass is 334 g/mol. The van der Waals surface area contributed by atoms with Gasteiger partial charge in [-0.05, 0) is 30.4 Å². The summed E-state index contributed by atoms with van der Waals surface area (Å²) in [5.74, 6) is 0.0622. The molecule has 0 saturated carbocycles. The molecule has 0 aliphatic carbocycles. The fraction of sp³-hybridized carbons (Fsp3) is 0.0526. The number of ketones is 1. The second-order valence-electron chi connectivity index (χ2n) is 4.93. The molecule has 0 saturated heterocycles. The molecule has 0 aliphatic heterocycles. The molecule has 0 amide bonds. The summed E-state index contributed by atoms with van der Waals surface area (Å²) in [6, 6.07) is 14.5. The Morgan fingerprint density at radius 3 is 2.68 bits per heavy atom. The molecule has 0 bridgehead atoms. The molecule has 124 valence electrons. The number of allylic oxidation sites excluding steroid dienone is 3. The molecule has 2 aromatic carbocycles. The van der Waals surface area contributed by atoms with Crippen molar-refractivity contribution in [2.24, 2.45) is 0 Å². The van der Waals surface area contributed by atoms with Gasteiger partial charge in [0, 0.05) is 11.6 Å². The highest BCUT2D eigenvalue weighted by molar-refractivity contribution is 6.11. The summed E-state index contributed by atoms with van der Waals surface area (Å²) < 4.78 is 5.06. The van der Waals surface area contributed by atoms with E-state index in [0.717, 1.165) is 0 Å². The van der Waals surface area contributed by atoms with E-state index in [-0.39, 0.29) is 11.3 Å². The predicted molar refractivity (Wildman–Crippen MR) is 93.2 cm³/mol. The third kappa shape index (κ3) is 4.39. The van der Waals surface area contributed by atoms with E-state index < -0.39 is 10.7 Å². The molecule has 25 heavy (non-hydrogen) atoms. The lowest BCUT2D eigenvalue weighted by atomic mass is 10.0. The van der Waals surface area contributed by atoms with Gasteiger partial charge in [0.1, 0.15) is 11.8 Å². The number of nitrogens with zero attached hydrogens (tertiary/aromatic N) is 2. The maximum absolute atomic E-state index is 12.4. The van der Waals surface area contributed by atoms with Crippen molar-refractivity contribution in [1.29, 1.82) is 5.26 Å². The fourth-order valence-electron chi connectivity index (χ4n) is 2.13. The average molecular weight is 334 g/mol. The quantitative estimate of drug-likeness (QED) is 0.199. The van der Waals surface area contributed by atoms with E-state index in [1.807, 2.05) is 6.07 Å². The molecule has 6 nitrogen and oxygen atoms in total.